The number of urea groups is 1. The Balaban J connectivity index is 1.65. The third kappa shape index (κ3) is 5.94. The maximum atomic E-state index is 12.5. The number of nitrogens with one attached hydrogen (secondary N) is 2. The molecule has 1 fully saturated rings. The summed E-state index contributed by atoms with van der Waals surface area (Å²) in [5, 5.41) is 9.54. The zero-order chi connectivity index (χ0) is 23.3. The van der Waals surface area contributed by atoms with Crippen LogP contribution < -0.4 is 16.1 Å². The maximum Gasteiger partial charge on any atom is 0.363 e. The van der Waals surface area contributed by atoms with E-state index < -0.39 is 35.1 Å². The van der Waals surface area contributed by atoms with Gasteiger partial charge >= 0.3 is 12.0 Å². The fourth-order valence-corrected chi connectivity index (χ4v) is 3.61. The van der Waals surface area contributed by atoms with Crippen LogP contribution in [0.3, 0.4) is 0 Å². The molecule has 1 unspecified atom stereocenters. The summed E-state index contributed by atoms with van der Waals surface area (Å²) in [7, 11) is 0. The number of nitrogens with zero attached hydrogens (tertiary/aromatic N) is 2. The minimum absolute atomic E-state index is 0.0255. The lowest BCUT2D eigenvalue weighted by molar-refractivity contribution is -0.127. The van der Waals surface area contributed by atoms with Crippen molar-refractivity contribution < 1.29 is 19.1 Å². The second-order valence-corrected chi connectivity index (χ2v) is 8.17. The zero-order valence-corrected chi connectivity index (χ0v) is 18.6. The summed E-state index contributed by atoms with van der Waals surface area (Å²) in [4.78, 5) is 49.1. The number of hydrogen-bond acceptors (Lipinski definition) is 6. The lowest BCUT2D eigenvalue weighted by Gasteiger charge is -2.23. The fraction of sp³-hybridized carbons (Fsp3) is 0.409. The van der Waals surface area contributed by atoms with Gasteiger partial charge in [-0.25, -0.2) is 14.3 Å². The molecule has 1 aromatic heterocycles. The highest BCUT2D eigenvalue weighted by molar-refractivity contribution is 6.30. The van der Waals surface area contributed by atoms with Crippen LogP contribution in [0.2, 0.25) is 5.02 Å². The van der Waals surface area contributed by atoms with Gasteiger partial charge in [0, 0.05) is 22.8 Å². The number of carbonyl (C=O) groups excluding carboxylic acids is 3. The SMILES string of the molecule is Cc1cc(=O)c(C(=O)OC(C)C(=O)NC(=O)NC2CCCCC2)nn1-c1ccc(Cl)cc1. The molecule has 1 saturated carbocycles. The third-order valence-electron chi connectivity index (χ3n) is 5.20. The highest BCUT2D eigenvalue weighted by atomic mass is 35.5. The number of aryl methyl sites for hydroxylation is 1. The average molecular weight is 461 g/mol. The van der Waals surface area contributed by atoms with Gasteiger partial charge in [-0.1, -0.05) is 30.9 Å². The van der Waals surface area contributed by atoms with E-state index >= 15 is 0 Å². The molecule has 2 N–H and O–H groups in total. The summed E-state index contributed by atoms with van der Waals surface area (Å²) >= 11 is 5.90. The molecule has 0 spiro atoms. The molecule has 3 amide bonds. The summed E-state index contributed by atoms with van der Waals surface area (Å²) in [6.45, 7) is 2.98. The smallest absolute Gasteiger partial charge is 0.363 e. The number of rotatable bonds is 5. The number of halogens is 1. The number of carbonyl (C=O) groups is 3. The predicted octanol–water partition coefficient (Wildman–Crippen LogP) is 2.90. The molecule has 1 heterocycles. The Bertz CT molecular complexity index is 1060. The van der Waals surface area contributed by atoms with E-state index in [4.69, 9.17) is 16.3 Å². The molecule has 0 aliphatic heterocycles. The third-order valence-corrected chi connectivity index (χ3v) is 5.45. The number of benzene rings is 1. The first-order valence-electron chi connectivity index (χ1n) is 10.4. The normalized spacial score (nSPS) is 15.0. The molecule has 3 rings (SSSR count). The highest BCUT2D eigenvalue weighted by Gasteiger charge is 2.25. The second-order valence-electron chi connectivity index (χ2n) is 7.73. The van der Waals surface area contributed by atoms with Gasteiger partial charge in [0.05, 0.1) is 5.69 Å². The van der Waals surface area contributed by atoms with Gasteiger partial charge in [-0.05, 0) is 51.0 Å². The summed E-state index contributed by atoms with van der Waals surface area (Å²) in [6, 6.07) is 7.31. The highest BCUT2D eigenvalue weighted by Crippen LogP contribution is 2.17. The van der Waals surface area contributed by atoms with Crippen LogP contribution in [-0.2, 0) is 9.53 Å². The predicted molar refractivity (Wildman–Crippen MR) is 118 cm³/mol. The monoisotopic (exact) mass is 460 g/mol. The van der Waals surface area contributed by atoms with E-state index in [0.29, 0.717) is 16.4 Å². The van der Waals surface area contributed by atoms with Gasteiger partial charge in [0.2, 0.25) is 11.1 Å². The molecule has 1 aliphatic carbocycles. The van der Waals surface area contributed by atoms with Crippen molar-refractivity contribution in [2.45, 2.75) is 58.1 Å². The van der Waals surface area contributed by atoms with Crippen molar-refractivity contribution in [3.05, 3.63) is 57.0 Å². The van der Waals surface area contributed by atoms with Gasteiger partial charge < -0.3 is 10.1 Å². The Kier molecular flexibility index (Phi) is 7.63. The zero-order valence-electron chi connectivity index (χ0n) is 17.9. The summed E-state index contributed by atoms with van der Waals surface area (Å²) < 4.78 is 6.49. The first kappa shape index (κ1) is 23.5. The molecule has 1 aliphatic rings. The first-order valence-corrected chi connectivity index (χ1v) is 10.8. The first-order chi connectivity index (χ1) is 15.2. The molecule has 0 saturated heterocycles. The van der Waals surface area contributed by atoms with Crippen molar-refractivity contribution >= 4 is 29.5 Å². The van der Waals surface area contributed by atoms with Crippen LogP contribution in [0, 0.1) is 6.92 Å². The molecular formula is C22H25ClN4O5. The van der Waals surface area contributed by atoms with E-state index in [0.717, 1.165) is 32.1 Å². The number of aromatic nitrogens is 2. The summed E-state index contributed by atoms with van der Waals surface area (Å²) in [6.07, 6.45) is 3.63. The van der Waals surface area contributed by atoms with Crippen LogP contribution in [0.5, 0.6) is 0 Å². The maximum absolute atomic E-state index is 12.5. The molecular weight excluding hydrogens is 436 g/mol. The van der Waals surface area contributed by atoms with Crippen molar-refractivity contribution in [3.63, 3.8) is 0 Å². The average Bonchev–Trinajstić information content (AvgIpc) is 2.75. The molecule has 170 valence electrons. The van der Waals surface area contributed by atoms with Gasteiger partial charge in [-0.15, -0.1) is 0 Å². The summed E-state index contributed by atoms with van der Waals surface area (Å²) in [5.41, 5.74) is -0.0256. The van der Waals surface area contributed by atoms with E-state index in [-0.39, 0.29) is 6.04 Å². The summed E-state index contributed by atoms with van der Waals surface area (Å²) in [5.74, 6) is -1.86. The molecule has 9 nitrogen and oxygen atoms in total. The van der Waals surface area contributed by atoms with Crippen molar-refractivity contribution in [3.8, 4) is 5.69 Å². The van der Waals surface area contributed by atoms with Crippen LogP contribution in [0.25, 0.3) is 5.69 Å². The van der Waals surface area contributed by atoms with Crippen LogP contribution in [0.15, 0.2) is 35.1 Å². The van der Waals surface area contributed by atoms with Gasteiger partial charge in [-0.3, -0.25) is 14.9 Å². The standard InChI is InChI=1S/C22H25ClN4O5/c1-13-12-18(28)19(26-27(13)17-10-8-15(23)9-11-17)21(30)32-14(2)20(29)25-22(31)24-16-6-4-3-5-7-16/h8-12,14,16H,3-7H2,1-2H3,(H2,24,25,29,31). The quantitative estimate of drug-likeness (QED) is 0.662. The Morgan fingerprint density at radius 2 is 1.81 bits per heavy atom. The van der Waals surface area contributed by atoms with E-state index in [1.165, 1.54) is 17.7 Å². The lowest BCUT2D eigenvalue weighted by Crippen LogP contribution is -2.48. The fourth-order valence-electron chi connectivity index (χ4n) is 3.48. The van der Waals surface area contributed by atoms with Crippen molar-refractivity contribution in [1.29, 1.82) is 0 Å². The van der Waals surface area contributed by atoms with Crippen molar-refractivity contribution in [1.82, 2.24) is 20.4 Å². The number of esters is 1. The Labute approximate surface area is 190 Å². The molecule has 10 heteroatoms. The van der Waals surface area contributed by atoms with E-state index in [9.17, 15) is 19.2 Å². The number of ether oxygens (including phenoxy) is 1. The van der Waals surface area contributed by atoms with Crippen LogP contribution >= 0.6 is 11.6 Å². The van der Waals surface area contributed by atoms with E-state index in [1.807, 2.05) is 0 Å². The lowest BCUT2D eigenvalue weighted by atomic mass is 9.96. The van der Waals surface area contributed by atoms with Gasteiger partial charge in [0.25, 0.3) is 5.91 Å². The Morgan fingerprint density at radius 1 is 1.16 bits per heavy atom. The number of hydrogen-bond donors (Lipinski definition) is 2. The van der Waals surface area contributed by atoms with Crippen molar-refractivity contribution in [2.75, 3.05) is 0 Å². The van der Waals surface area contributed by atoms with E-state index in [1.54, 1.807) is 31.2 Å². The molecule has 0 bridgehead atoms. The molecule has 1 atom stereocenters. The van der Waals surface area contributed by atoms with Crippen LogP contribution in [0.4, 0.5) is 4.79 Å². The van der Waals surface area contributed by atoms with Gasteiger partial charge in [0.15, 0.2) is 6.10 Å². The molecule has 2 aromatic rings. The number of amides is 3. The minimum atomic E-state index is -1.30. The van der Waals surface area contributed by atoms with Gasteiger partial charge in [0.1, 0.15) is 0 Å². The van der Waals surface area contributed by atoms with E-state index in [2.05, 4.69) is 15.7 Å². The topological polar surface area (TPSA) is 119 Å². The largest absolute Gasteiger partial charge is 0.448 e. The van der Waals surface area contributed by atoms with Crippen LogP contribution in [0.1, 0.15) is 55.2 Å². The Morgan fingerprint density at radius 3 is 2.47 bits per heavy atom. The van der Waals surface area contributed by atoms with Gasteiger partial charge in [-0.2, -0.15) is 5.10 Å². The Hall–Kier alpha value is -3.20. The molecule has 32 heavy (non-hydrogen) atoms. The van der Waals surface area contributed by atoms with Crippen molar-refractivity contribution in [2.24, 2.45) is 0 Å². The minimum Gasteiger partial charge on any atom is -0.448 e. The molecule has 0 radical (unpaired) electrons. The van der Waals surface area contributed by atoms with Crippen LogP contribution in [-0.4, -0.2) is 39.8 Å². The second kappa shape index (κ2) is 10.4. The number of imide groups is 1. The molecule has 1 aromatic carbocycles.